The van der Waals surface area contributed by atoms with Crippen LogP contribution >= 0.6 is 11.3 Å². The summed E-state index contributed by atoms with van der Waals surface area (Å²) in [6.07, 6.45) is 0.175. The van der Waals surface area contributed by atoms with Crippen LogP contribution in [0, 0.1) is 6.92 Å². The molecular weight excluding hydrogens is 356 g/mol. The lowest BCUT2D eigenvalue weighted by Crippen LogP contribution is -2.31. The molecular formula is C17H20N4O4S. The van der Waals surface area contributed by atoms with Crippen LogP contribution in [0.25, 0.3) is 0 Å². The number of aryl methyl sites for hydroxylation is 1. The van der Waals surface area contributed by atoms with Gasteiger partial charge in [-0.2, -0.15) is 0 Å². The van der Waals surface area contributed by atoms with E-state index < -0.39 is 12.0 Å². The maximum absolute atomic E-state index is 12.0. The first kappa shape index (κ1) is 19.4. The van der Waals surface area contributed by atoms with Gasteiger partial charge in [0, 0.05) is 17.6 Å². The Morgan fingerprint density at radius 3 is 2.65 bits per heavy atom. The van der Waals surface area contributed by atoms with Crippen LogP contribution in [0.15, 0.2) is 29.6 Å². The fourth-order valence-corrected chi connectivity index (χ4v) is 2.77. The van der Waals surface area contributed by atoms with E-state index >= 15 is 0 Å². The number of nitrogens with zero attached hydrogens (tertiary/aromatic N) is 1. The van der Waals surface area contributed by atoms with Crippen LogP contribution in [0.4, 0.5) is 10.5 Å². The summed E-state index contributed by atoms with van der Waals surface area (Å²) in [5, 5.41) is 7.49. The lowest BCUT2D eigenvalue weighted by atomic mass is 10.2. The largest absolute Gasteiger partial charge is 0.459 e. The Balaban J connectivity index is 1.74. The smallest absolute Gasteiger partial charge is 0.312 e. The molecule has 0 unspecified atom stereocenters. The molecule has 0 spiro atoms. The topological polar surface area (TPSA) is 123 Å². The first-order chi connectivity index (χ1) is 12.4. The Kier molecular flexibility index (Phi) is 7.10. The highest BCUT2D eigenvalue weighted by atomic mass is 32.1. The van der Waals surface area contributed by atoms with Gasteiger partial charge in [-0.15, -0.1) is 11.3 Å². The number of benzene rings is 1. The Bertz CT molecular complexity index is 773. The number of thiazole rings is 1. The van der Waals surface area contributed by atoms with E-state index in [1.165, 1.54) is 11.3 Å². The molecule has 138 valence electrons. The highest BCUT2D eigenvalue weighted by molar-refractivity contribution is 7.09. The number of hydrogen-bond donors (Lipinski definition) is 3. The number of anilines is 1. The van der Waals surface area contributed by atoms with Crippen molar-refractivity contribution in [2.24, 2.45) is 5.73 Å². The maximum Gasteiger partial charge on any atom is 0.312 e. The number of rotatable bonds is 8. The second-order valence-corrected chi connectivity index (χ2v) is 6.47. The van der Waals surface area contributed by atoms with Crippen molar-refractivity contribution in [3.05, 3.63) is 45.9 Å². The van der Waals surface area contributed by atoms with Crippen LogP contribution < -0.4 is 16.4 Å². The molecule has 1 aromatic heterocycles. The summed E-state index contributed by atoms with van der Waals surface area (Å²) in [4.78, 5) is 38.3. The molecule has 0 saturated heterocycles. The predicted molar refractivity (Wildman–Crippen MR) is 97.6 cm³/mol. The molecule has 26 heavy (non-hydrogen) atoms. The highest BCUT2D eigenvalue weighted by Gasteiger charge is 2.10. The van der Waals surface area contributed by atoms with Gasteiger partial charge in [-0.1, -0.05) is 17.7 Å². The number of urea groups is 1. The van der Waals surface area contributed by atoms with E-state index in [4.69, 9.17) is 10.5 Å². The van der Waals surface area contributed by atoms with Gasteiger partial charge < -0.3 is 21.1 Å². The minimum absolute atomic E-state index is 0.0193. The van der Waals surface area contributed by atoms with Crippen LogP contribution in [0.3, 0.4) is 0 Å². The van der Waals surface area contributed by atoms with Crippen molar-refractivity contribution in [3.8, 4) is 0 Å². The number of aromatic nitrogens is 1. The van der Waals surface area contributed by atoms with Crippen molar-refractivity contribution in [2.45, 2.75) is 26.4 Å². The third-order valence-electron chi connectivity index (χ3n) is 3.26. The molecule has 1 heterocycles. The molecule has 0 radical (unpaired) electrons. The third kappa shape index (κ3) is 6.89. The number of esters is 1. The molecule has 9 heteroatoms. The number of hydrogen-bond acceptors (Lipinski definition) is 6. The summed E-state index contributed by atoms with van der Waals surface area (Å²) in [6.45, 7) is 2.12. The first-order valence-corrected chi connectivity index (χ1v) is 8.79. The molecule has 0 aliphatic carbocycles. The van der Waals surface area contributed by atoms with E-state index in [2.05, 4.69) is 15.6 Å². The third-order valence-corrected chi connectivity index (χ3v) is 4.15. The van der Waals surface area contributed by atoms with Crippen molar-refractivity contribution in [3.63, 3.8) is 0 Å². The number of carbonyl (C=O) groups is 3. The molecule has 0 saturated carbocycles. The summed E-state index contributed by atoms with van der Waals surface area (Å²) in [5.41, 5.74) is 7.32. The summed E-state index contributed by atoms with van der Waals surface area (Å²) in [6, 6.07) is 6.83. The Hall–Kier alpha value is -2.94. The Labute approximate surface area is 154 Å². The van der Waals surface area contributed by atoms with Gasteiger partial charge >= 0.3 is 12.0 Å². The summed E-state index contributed by atoms with van der Waals surface area (Å²) in [5.74, 6) is -0.630. The number of carbonyl (C=O) groups excluding carboxylic acids is 3. The first-order valence-electron chi connectivity index (χ1n) is 7.91. The van der Waals surface area contributed by atoms with Crippen molar-refractivity contribution < 1.29 is 19.1 Å². The monoisotopic (exact) mass is 376 g/mol. The van der Waals surface area contributed by atoms with Crippen molar-refractivity contribution in [1.29, 1.82) is 0 Å². The van der Waals surface area contributed by atoms with Gasteiger partial charge in [-0.3, -0.25) is 9.59 Å². The van der Waals surface area contributed by atoms with Gasteiger partial charge in [-0.25, -0.2) is 9.78 Å². The summed E-state index contributed by atoms with van der Waals surface area (Å²) >= 11 is 1.33. The van der Waals surface area contributed by atoms with Crippen LogP contribution in [-0.2, 0) is 27.4 Å². The van der Waals surface area contributed by atoms with E-state index in [1.54, 1.807) is 5.38 Å². The number of nitrogens with one attached hydrogen (secondary N) is 2. The quantitative estimate of drug-likeness (QED) is 0.606. The van der Waals surface area contributed by atoms with Crippen molar-refractivity contribution >= 4 is 34.9 Å². The van der Waals surface area contributed by atoms with Gasteiger partial charge in [0.15, 0.2) is 0 Å². The van der Waals surface area contributed by atoms with E-state index in [-0.39, 0.29) is 31.9 Å². The van der Waals surface area contributed by atoms with Gasteiger partial charge in [0.05, 0.1) is 18.5 Å². The van der Waals surface area contributed by atoms with Crippen LogP contribution in [0.5, 0.6) is 0 Å². The van der Waals surface area contributed by atoms with Crippen molar-refractivity contribution in [1.82, 2.24) is 10.3 Å². The fourth-order valence-electron chi connectivity index (χ4n) is 1.99. The molecule has 2 aromatic rings. The van der Waals surface area contributed by atoms with E-state index in [1.807, 2.05) is 31.2 Å². The maximum atomic E-state index is 12.0. The Morgan fingerprint density at radius 2 is 1.96 bits per heavy atom. The molecule has 2 rings (SSSR count). The molecule has 0 atom stereocenters. The average molecular weight is 376 g/mol. The van der Waals surface area contributed by atoms with Gasteiger partial charge in [0.1, 0.15) is 11.6 Å². The minimum atomic E-state index is -0.689. The highest BCUT2D eigenvalue weighted by Crippen LogP contribution is 2.14. The average Bonchev–Trinajstić information content (AvgIpc) is 3.02. The van der Waals surface area contributed by atoms with Crippen LogP contribution in [0.1, 0.15) is 22.7 Å². The molecule has 0 aliphatic rings. The Morgan fingerprint density at radius 1 is 1.23 bits per heavy atom. The van der Waals surface area contributed by atoms with E-state index in [9.17, 15) is 14.4 Å². The van der Waals surface area contributed by atoms with E-state index in [0.29, 0.717) is 10.7 Å². The molecule has 8 nitrogen and oxygen atoms in total. The van der Waals surface area contributed by atoms with E-state index in [0.717, 1.165) is 11.3 Å². The van der Waals surface area contributed by atoms with Gasteiger partial charge in [0.25, 0.3) is 0 Å². The molecule has 1 aromatic carbocycles. The number of primary amides is 1. The zero-order valence-electron chi connectivity index (χ0n) is 14.3. The predicted octanol–water partition coefficient (Wildman–Crippen LogP) is 1.73. The second-order valence-electron chi connectivity index (χ2n) is 5.53. The van der Waals surface area contributed by atoms with Gasteiger partial charge in [0.2, 0.25) is 5.91 Å². The number of ether oxygens (including phenoxy) is 1. The molecule has 3 amide bonds. The summed E-state index contributed by atoms with van der Waals surface area (Å²) < 4.78 is 5.05. The molecule has 0 bridgehead atoms. The normalized spacial score (nSPS) is 10.2. The van der Waals surface area contributed by atoms with Crippen molar-refractivity contribution in [2.75, 3.05) is 11.9 Å². The molecule has 4 N–H and O–H groups in total. The minimum Gasteiger partial charge on any atom is -0.459 e. The number of amides is 3. The van der Waals surface area contributed by atoms with Crippen LogP contribution in [0.2, 0.25) is 0 Å². The molecule has 0 fully saturated rings. The zero-order chi connectivity index (χ0) is 18.9. The lowest BCUT2D eigenvalue weighted by Gasteiger charge is -2.04. The zero-order valence-corrected chi connectivity index (χ0v) is 15.1. The van der Waals surface area contributed by atoms with Crippen LogP contribution in [-0.4, -0.2) is 29.4 Å². The van der Waals surface area contributed by atoms with Gasteiger partial charge in [-0.05, 0) is 19.1 Å². The standard InChI is InChI=1S/C17H20N4O4S/c1-11-2-4-12(5-3-11)20-14(22)8-15-21-13(10-26-15)9-25-16(23)6-7-19-17(18)24/h2-5,10H,6-9H2,1H3,(H,20,22)(H3,18,19,24). The molecule has 0 aliphatic heterocycles. The lowest BCUT2D eigenvalue weighted by molar-refractivity contribution is -0.144. The fraction of sp³-hybridized carbons (Fsp3) is 0.294. The SMILES string of the molecule is Cc1ccc(NC(=O)Cc2nc(COC(=O)CCNC(N)=O)cs2)cc1. The number of nitrogens with two attached hydrogens (primary N) is 1. The summed E-state index contributed by atoms with van der Waals surface area (Å²) in [7, 11) is 0. The second kappa shape index (κ2) is 9.52.